The number of nitrogens with zero attached hydrogens (tertiary/aromatic N) is 1. The Morgan fingerprint density at radius 3 is 2.65 bits per heavy atom. The number of rotatable bonds is 7. The number of carbonyl (C=O) groups is 1. The van der Waals surface area contributed by atoms with E-state index in [1.807, 2.05) is 0 Å². The van der Waals surface area contributed by atoms with Gasteiger partial charge in [-0.05, 0) is 39.7 Å². The molecule has 0 aromatic carbocycles. The molecule has 17 heavy (non-hydrogen) atoms. The van der Waals surface area contributed by atoms with E-state index in [1.54, 1.807) is 0 Å². The Hall–Kier alpha value is -0.370. The maximum Gasteiger partial charge on any atom is 0.137 e. The molecule has 0 aliphatic heterocycles. The van der Waals surface area contributed by atoms with E-state index in [4.69, 9.17) is 0 Å². The van der Waals surface area contributed by atoms with Crippen LogP contribution in [0.15, 0.2) is 0 Å². The number of hydrogen-bond donors (Lipinski definition) is 0. The second-order valence-corrected chi connectivity index (χ2v) is 5.70. The first kappa shape index (κ1) is 14.7. The molecule has 0 aromatic rings. The van der Waals surface area contributed by atoms with Crippen molar-refractivity contribution in [1.82, 2.24) is 4.90 Å². The molecule has 1 fully saturated rings. The van der Waals surface area contributed by atoms with Crippen molar-refractivity contribution < 1.29 is 4.79 Å². The van der Waals surface area contributed by atoms with Crippen molar-refractivity contribution in [2.45, 2.75) is 71.8 Å². The zero-order chi connectivity index (χ0) is 12.7. The summed E-state index contributed by atoms with van der Waals surface area (Å²) in [5.74, 6) is 0.838. The molecule has 0 heterocycles. The van der Waals surface area contributed by atoms with Crippen LogP contribution in [0.4, 0.5) is 0 Å². The summed E-state index contributed by atoms with van der Waals surface area (Å²) in [7, 11) is 0. The molecule has 1 aliphatic carbocycles. The van der Waals surface area contributed by atoms with Crippen LogP contribution in [0.5, 0.6) is 0 Å². The molecule has 0 bridgehead atoms. The number of unbranched alkanes of at least 4 members (excludes halogenated alkanes) is 2. The summed E-state index contributed by atoms with van der Waals surface area (Å²) < 4.78 is 0. The second-order valence-electron chi connectivity index (χ2n) is 5.70. The Labute approximate surface area is 107 Å². The highest BCUT2D eigenvalue weighted by molar-refractivity contribution is 5.81. The molecule has 1 atom stereocenters. The monoisotopic (exact) mass is 239 g/mol. The molecular weight excluding hydrogens is 210 g/mol. The number of Topliss-reactive ketones (excluding diaryl/α,β-unsaturated/α-hetero) is 1. The molecule has 1 rings (SSSR count). The minimum Gasteiger partial charge on any atom is -0.300 e. The zero-order valence-electron chi connectivity index (χ0n) is 11.9. The molecule has 1 saturated carbocycles. The number of carbonyl (C=O) groups excluding carboxylic acids is 1. The van der Waals surface area contributed by atoms with E-state index in [-0.39, 0.29) is 0 Å². The largest absolute Gasteiger partial charge is 0.300 e. The molecule has 1 aliphatic rings. The quantitative estimate of drug-likeness (QED) is 0.632. The summed E-state index contributed by atoms with van der Waals surface area (Å²) in [6.07, 6.45) is 8.16. The lowest BCUT2D eigenvalue weighted by molar-refractivity contribution is -0.125. The van der Waals surface area contributed by atoms with Gasteiger partial charge in [-0.1, -0.05) is 26.2 Å². The third-order valence-electron chi connectivity index (χ3n) is 3.92. The van der Waals surface area contributed by atoms with Gasteiger partial charge in [-0.2, -0.15) is 0 Å². The van der Waals surface area contributed by atoms with Gasteiger partial charge in [0.25, 0.3) is 0 Å². The van der Waals surface area contributed by atoms with Gasteiger partial charge in [-0.3, -0.25) is 4.79 Å². The fourth-order valence-corrected chi connectivity index (χ4v) is 2.66. The summed E-state index contributed by atoms with van der Waals surface area (Å²) >= 11 is 0. The van der Waals surface area contributed by atoms with E-state index in [9.17, 15) is 4.79 Å². The number of hydrogen-bond acceptors (Lipinski definition) is 2. The first-order valence-corrected chi connectivity index (χ1v) is 7.42. The lowest BCUT2D eigenvalue weighted by Gasteiger charge is -2.31. The Morgan fingerprint density at radius 2 is 2.06 bits per heavy atom. The van der Waals surface area contributed by atoms with Gasteiger partial charge in [0.15, 0.2) is 0 Å². The fourth-order valence-electron chi connectivity index (χ4n) is 2.66. The highest BCUT2D eigenvalue weighted by atomic mass is 16.1. The van der Waals surface area contributed by atoms with E-state index in [0.29, 0.717) is 17.7 Å². The van der Waals surface area contributed by atoms with E-state index >= 15 is 0 Å². The molecule has 0 saturated heterocycles. The highest BCUT2D eigenvalue weighted by Gasteiger charge is 2.25. The lowest BCUT2D eigenvalue weighted by atomic mass is 9.87. The van der Waals surface area contributed by atoms with Crippen molar-refractivity contribution in [3.63, 3.8) is 0 Å². The summed E-state index contributed by atoms with van der Waals surface area (Å²) in [6.45, 7) is 8.90. The van der Waals surface area contributed by atoms with Crippen LogP contribution in [0.2, 0.25) is 0 Å². The molecule has 1 unspecified atom stereocenters. The first-order chi connectivity index (χ1) is 8.15. The maximum atomic E-state index is 11.9. The minimum atomic E-state index is 0.327. The predicted molar refractivity (Wildman–Crippen MR) is 73.2 cm³/mol. The summed E-state index contributed by atoms with van der Waals surface area (Å²) in [6, 6.07) is 0.571. The standard InChI is InChI=1S/C15H29NO/c1-4-5-8-11-16(13(2)3)12-14-9-6-7-10-15(14)17/h13-14H,4-12H2,1-3H3. The molecule has 0 aromatic heterocycles. The van der Waals surface area contributed by atoms with Crippen molar-refractivity contribution in [3.8, 4) is 0 Å². The molecule has 2 heteroatoms. The fraction of sp³-hybridized carbons (Fsp3) is 0.933. The summed E-state index contributed by atoms with van der Waals surface area (Å²) in [4.78, 5) is 14.4. The first-order valence-electron chi connectivity index (χ1n) is 7.42. The maximum absolute atomic E-state index is 11.9. The highest BCUT2D eigenvalue weighted by Crippen LogP contribution is 2.22. The average molecular weight is 239 g/mol. The van der Waals surface area contributed by atoms with E-state index in [0.717, 1.165) is 32.4 Å². The average Bonchev–Trinajstić information content (AvgIpc) is 2.30. The topological polar surface area (TPSA) is 20.3 Å². The second kappa shape index (κ2) is 7.86. The predicted octanol–water partition coefficient (Wildman–Crippen LogP) is 3.65. The smallest absolute Gasteiger partial charge is 0.137 e. The van der Waals surface area contributed by atoms with E-state index in [2.05, 4.69) is 25.7 Å². The van der Waals surface area contributed by atoms with E-state index in [1.165, 1.54) is 25.7 Å². The van der Waals surface area contributed by atoms with E-state index < -0.39 is 0 Å². The third-order valence-corrected chi connectivity index (χ3v) is 3.92. The molecule has 0 amide bonds. The Morgan fingerprint density at radius 1 is 1.29 bits per heavy atom. The SMILES string of the molecule is CCCCCN(CC1CCCCC1=O)C(C)C. The molecule has 0 radical (unpaired) electrons. The Kier molecular flexibility index (Phi) is 6.79. The summed E-state index contributed by atoms with van der Waals surface area (Å²) in [5, 5.41) is 0. The van der Waals surface area contributed by atoms with Crippen molar-refractivity contribution in [2.75, 3.05) is 13.1 Å². The molecule has 0 spiro atoms. The van der Waals surface area contributed by atoms with Crippen LogP contribution in [0.1, 0.15) is 65.7 Å². The van der Waals surface area contributed by atoms with Gasteiger partial charge < -0.3 is 4.90 Å². The van der Waals surface area contributed by atoms with Gasteiger partial charge in [0, 0.05) is 24.9 Å². The zero-order valence-corrected chi connectivity index (χ0v) is 11.9. The Bertz CT molecular complexity index is 225. The van der Waals surface area contributed by atoms with Gasteiger partial charge in [0.05, 0.1) is 0 Å². The molecule has 2 nitrogen and oxygen atoms in total. The van der Waals surface area contributed by atoms with Crippen LogP contribution < -0.4 is 0 Å². The van der Waals surface area contributed by atoms with Gasteiger partial charge in [-0.25, -0.2) is 0 Å². The normalized spacial score (nSPS) is 21.5. The van der Waals surface area contributed by atoms with Crippen LogP contribution in [0.25, 0.3) is 0 Å². The summed E-state index contributed by atoms with van der Waals surface area (Å²) in [5.41, 5.74) is 0. The minimum absolute atomic E-state index is 0.327. The van der Waals surface area contributed by atoms with Gasteiger partial charge >= 0.3 is 0 Å². The van der Waals surface area contributed by atoms with Gasteiger partial charge in [0.1, 0.15) is 5.78 Å². The van der Waals surface area contributed by atoms with Crippen LogP contribution in [0.3, 0.4) is 0 Å². The Balaban J connectivity index is 2.39. The molecule has 0 N–H and O–H groups in total. The van der Waals surface area contributed by atoms with Crippen LogP contribution in [0, 0.1) is 5.92 Å². The third kappa shape index (κ3) is 5.20. The lowest BCUT2D eigenvalue weighted by Crippen LogP contribution is -2.39. The molecule has 100 valence electrons. The van der Waals surface area contributed by atoms with Crippen LogP contribution in [-0.2, 0) is 4.79 Å². The van der Waals surface area contributed by atoms with Crippen LogP contribution in [-0.4, -0.2) is 29.8 Å². The van der Waals surface area contributed by atoms with Crippen molar-refractivity contribution >= 4 is 5.78 Å². The van der Waals surface area contributed by atoms with Crippen molar-refractivity contribution in [1.29, 1.82) is 0 Å². The van der Waals surface area contributed by atoms with Gasteiger partial charge in [-0.15, -0.1) is 0 Å². The van der Waals surface area contributed by atoms with Crippen molar-refractivity contribution in [3.05, 3.63) is 0 Å². The number of ketones is 1. The van der Waals surface area contributed by atoms with Gasteiger partial charge in [0.2, 0.25) is 0 Å². The van der Waals surface area contributed by atoms with Crippen molar-refractivity contribution in [2.24, 2.45) is 5.92 Å². The van der Waals surface area contributed by atoms with Crippen LogP contribution >= 0.6 is 0 Å². The molecular formula is C15H29NO.